The van der Waals surface area contributed by atoms with E-state index in [0.717, 1.165) is 5.57 Å². The molecule has 94 valence electrons. The molecule has 0 unspecified atom stereocenters. The van der Waals surface area contributed by atoms with Crippen molar-refractivity contribution in [2.24, 2.45) is 0 Å². The molecule has 17 heavy (non-hydrogen) atoms. The summed E-state index contributed by atoms with van der Waals surface area (Å²) in [5.41, 5.74) is 0.225. The third kappa shape index (κ3) is 3.09. The average molecular weight is 237 g/mol. The van der Waals surface area contributed by atoms with E-state index in [4.69, 9.17) is 0 Å². The molecule has 0 spiro atoms. The maximum absolute atomic E-state index is 11.7. The molecule has 0 fully saturated rings. The van der Waals surface area contributed by atoms with Crippen LogP contribution in [0.1, 0.15) is 33.7 Å². The van der Waals surface area contributed by atoms with Crippen LogP contribution in [0, 0.1) is 0 Å². The topological polar surface area (TPSA) is 66.9 Å². The first-order valence-electron chi connectivity index (χ1n) is 5.60. The van der Waals surface area contributed by atoms with Gasteiger partial charge >= 0.3 is 5.69 Å². The number of H-pyrrole nitrogens is 1. The van der Waals surface area contributed by atoms with Crippen molar-refractivity contribution in [2.45, 2.75) is 39.8 Å². The molecular weight excluding hydrogens is 218 g/mol. The Bertz CT molecular complexity index is 494. The highest BCUT2D eigenvalue weighted by Crippen LogP contribution is 2.05. The Morgan fingerprint density at radius 2 is 2.00 bits per heavy atom. The van der Waals surface area contributed by atoms with Crippen LogP contribution in [0.2, 0.25) is 0 Å². The minimum absolute atomic E-state index is 0.0000463. The Balaban J connectivity index is 3.12. The number of anilines is 1. The lowest BCUT2D eigenvalue weighted by molar-refractivity contribution is 0.546. The van der Waals surface area contributed by atoms with Gasteiger partial charge in [-0.15, -0.1) is 0 Å². The van der Waals surface area contributed by atoms with Gasteiger partial charge in [-0.25, -0.2) is 4.79 Å². The molecule has 0 radical (unpaired) electrons. The Kier molecular flexibility index (Phi) is 3.93. The second kappa shape index (κ2) is 5.03. The fourth-order valence-electron chi connectivity index (χ4n) is 1.43. The number of aromatic amines is 1. The van der Waals surface area contributed by atoms with Crippen molar-refractivity contribution >= 4 is 5.82 Å². The number of hydrogen-bond donors (Lipinski definition) is 2. The van der Waals surface area contributed by atoms with E-state index in [1.165, 1.54) is 10.6 Å². The van der Waals surface area contributed by atoms with Gasteiger partial charge in [0.15, 0.2) is 0 Å². The van der Waals surface area contributed by atoms with Gasteiger partial charge in [-0.05, 0) is 27.7 Å². The number of aromatic nitrogens is 2. The van der Waals surface area contributed by atoms with Crippen LogP contribution in [-0.4, -0.2) is 15.6 Å². The zero-order valence-electron chi connectivity index (χ0n) is 10.7. The summed E-state index contributed by atoms with van der Waals surface area (Å²) >= 11 is 0. The van der Waals surface area contributed by atoms with Gasteiger partial charge in [-0.1, -0.05) is 12.2 Å². The fourth-order valence-corrected chi connectivity index (χ4v) is 1.43. The van der Waals surface area contributed by atoms with Crippen molar-refractivity contribution in [1.82, 2.24) is 9.55 Å². The van der Waals surface area contributed by atoms with E-state index in [1.807, 2.05) is 13.8 Å². The highest BCUT2D eigenvalue weighted by Gasteiger charge is 2.09. The number of hydrogen-bond acceptors (Lipinski definition) is 3. The number of rotatable bonds is 4. The summed E-state index contributed by atoms with van der Waals surface area (Å²) in [6.45, 7) is 11.2. The molecule has 0 saturated heterocycles. The molecule has 0 aliphatic rings. The first kappa shape index (κ1) is 13.3. The van der Waals surface area contributed by atoms with Crippen LogP contribution in [0.15, 0.2) is 27.8 Å². The SMILES string of the molecule is C=C(C)[C@H](C)Nc1cc(=O)n(C(C)C)c(=O)[nH]1. The van der Waals surface area contributed by atoms with Crippen molar-refractivity contribution in [3.8, 4) is 0 Å². The minimum atomic E-state index is -0.399. The molecule has 1 aromatic heterocycles. The molecule has 0 aliphatic heterocycles. The monoisotopic (exact) mass is 237 g/mol. The van der Waals surface area contributed by atoms with Crippen molar-refractivity contribution in [3.05, 3.63) is 39.1 Å². The van der Waals surface area contributed by atoms with E-state index in [9.17, 15) is 9.59 Å². The lowest BCUT2D eigenvalue weighted by Crippen LogP contribution is -2.37. The highest BCUT2D eigenvalue weighted by molar-refractivity contribution is 5.35. The molecule has 1 atom stereocenters. The normalized spacial score (nSPS) is 12.5. The Labute approximate surface area is 100 Å². The van der Waals surface area contributed by atoms with Crippen LogP contribution in [-0.2, 0) is 0 Å². The van der Waals surface area contributed by atoms with E-state index < -0.39 is 5.69 Å². The molecule has 1 heterocycles. The van der Waals surface area contributed by atoms with Crippen molar-refractivity contribution in [2.75, 3.05) is 5.32 Å². The molecule has 0 saturated carbocycles. The van der Waals surface area contributed by atoms with E-state index in [2.05, 4.69) is 16.9 Å². The molecule has 2 N–H and O–H groups in total. The molecule has 0 bridgehead atoms. The summed E-state index contributed by atoms with van der Waals surface area (Å²) in [6, 6.07) is 1.24. The lowest BCUT2D eigenvalue weighted by atomic mass is 10.2. The summed E-state index contributed by atoms with van der Waals surface area (Å²) in [5.74, 6) is 0.424. The summed E-state index contributed by atoms with van der Waals surface area (Å²) in [5, 5.41) is 3.02. The molecular formula is C12H19N3O2. The number of nitrogens with one attached hydrogen (secondary N) is 2. The zero-order valence-corrected chi connectivity index (χ0v) is 10.7. The van der Waals surface area contributed by atoms with E-state index in [-0.39, 0.29) is 17.6 Å². The second-order valence-corrected chi connectivity index (χ2v) is 4.50. The van der Waals surface area contributed by atoms with Crippen LogP contribution < -0.4 is 16.6 Å². The van der Waals surface area contributed by atoms with Crippen molar-refractivity contribution in [1.29, 1.82) is 0 Å². The largest absolute Gasteiger partial charge is 0.365 e. The van der Waals surface area contributed by atoms with Gasteiger partial charge in [0.2, 0.25) is 0 Å². The highest BCUT2D eigenvalue weighted by atomic mass is 16.2. The first-order valence-corrected chi connectivity index (χ1v) is 5.60. The quantitative estimate of drug-likeness (QED) is 0.780. The Hall–Kier alpha value is -1.78. The van der Waals surface area contributed by atoms with Crippen LogP contribution in [0.5, 0.6) is 0 Å². The van der Waals surface area contributed by atoms with Crippen LogP contribution in [0.3, 0.4) is 0 Å². The molecule has 1 aromatic rings. The van der Waals surface area contributed by atoms with Crippen molar-refractivity contribution in [3.63, 3.8) is 0 Å². The number of nitrogens with zero attached hydrogens (tertiary/aromatic N) is 1. The molecule has 0 aliphatic carbocycles. The van der Waals surface area contributed by atoms with Gasteiger partial charge in [0.05, 0.1) is 0 Å². The van der Waals surface area contributed by atoms with Gasteiger partial charge in [-0.2, -0.15) is 0 Å². The van der Waals surface area contributed by atoms with E-state index in [1.54, 1.807) is 13.8 Å². The van der Waals surface area contributed by atoms with E-state index in [0.29, 0.717) is 5.82 Å². The standard InChI is InChI=1S/C12H19N3O2/c1-7(2)9(5)13-10-6-11(16)15(8(3)4)12(17)14-10/h6,8-9,13H,1H2,2-5H3,(H,14,17)/t9-/m0/s1. The lowest BCUT2D eigenvalue weighted by Gasteiger charge is -2.15. The summed E-state index contributed by atoms with van der Waals surface area (Å²) in [4.78, 5) is 26.1. The summed E-state index contributed by atoms with van der Waals surface area (Å²) in [7, 11) is 0. The molecule has 5 nitrogen and oxygen atoms in total. The first-order chi connectivity index (χ1) is 7.82. The second-order valence-electron chi connectivity index (χ2n) is 4.50. The van der Waals surface area contributed by atoms with Gasteiger partial charge in [0.25, 0.3) is 5.56 Å². The smallest absolute Gasteiger partial charge is 0.330 e. The molecule has 5 heteroatoms. The van der Waals surface area contributed by atoms with E-state index >= 15 is 0 Å². The zero-order chi connectivity index (χ0) is 13.2. The Morgan fingerprint density at radius 3 is 2.41 bits per heavy atom. The van der Waals surface area contributed by atoms with Crippen molar-refractivity contribution < 1.29 is 0 Å². The van der Waals surface area contributed by atoms with Crippen LogP contribution in [0.25, 0.3) is 0 Å². The third-order valence-corrected chi connectivity index (χ3v) is 2.59. The van der Waals surface area contributed by atoms with Gasteiger partial charge in [0, 0.05) is 18.2 Å². The molecule has 1 rings (SSSR count). The maximum Gasteiger partial charge on any atom is 0.330 e. The predicted octanol–water partition coefficient (Wildman–Crippen LogP) is 1.49. The van der Waals surface area contributed by atoms with Crippen LogP contribution in [0.4, 0.5) is 5.82 Å². The average Bonchev–Trinajstić information content (AvgIpc) is 2.15. The summed E-state index contributed by atoms with van der Waals surface area (Å²) in [6.07, 6.45) is 0. The minimum Gasteiger partial charge on any atom is -0.365 e. The van der Waals surface area contributed by atoms with Gasteiger partial charge in [-0.3, -0.25) is 14.3 Å². The fraction of sp³-hybridized carbons (Fsp3) is 0.500. The third-order valence-electron chi connectivity index (χ3n) is 2.59. The maximum atomic E-state index is 11.7. The van der Waals surface area contributed by atoms with Gasteiger partial charge < -0.3 is 5.32 Å². The molecule has 0 amide bonds. The summed E-state index contributed by atoms with van der Waals surface area (Å²) < 4.78 is 1.18. The van der Waals surface area contributed by atoms with Crippen LogP contribution >= 0.6 is 0 Å². The Morgan fingerprint density at radius 1 is 1.41 bits per heavy atom. The molecule has 0 aromatic carbocycles. The van der Waals surface area contributed by atoms with Gasteiger partial charge in [0.1, 0.15) is 5.82 Å². The predicted molar refractivity (Wildman–Crippen MR) is 69.6 cm³/mol.